The zero-order valence-corrected chi connectivity index (χ0v) is 54.2. The molecule has 0 aliphatic rings. The van der Waals surface area contributed by atoms with Crippen molar-refractivity contribution >= 4 is 17.9 Å². The minimum atomic E-state index is -0.787. The fraction of sp³-hybridized carbons (Fsp3) is 0.675. The van der Waals surface area contributed by atoms with Gasteiger partial charge in [0.2, 0.25) is 0 Å². The number of unbranched alkanes of at least 4 members (excludes halogenated alkanes) is 29. The second kappa shape index (κ2) is 70.0. The molecule has 0 fully saturated rings. The van der Waals surface area contributed by atoms with Crippen LogP contribution in [0.25, 0.3) is 0 Å². The molecular formula is C77H128O6. The summed E-state index contributed by atoms with van der Waals surface area (Å²) in [7, 11) is 0. The fourth-order valence-electron chi connectivity index (χ4n) is 9.53. The molecule has 0 saturated heterocycles. The fourth-order valence-corrected chi connectivity index (χ4v) is 9.53. The second-order valence-corrected chi connectivity index (χ2v) is 22.7. The smallest absolute Gasteiger partial charge is 0.306 e. The van der Waals surface area contributed by atoms with Crippen LogP contribution >= 0.6 is 0 Å². The monoisotopic (exact) mass is 1150 g/mol. The molecule has 0 bridgehead atoms. The second-order valence-electron chi connectivity index (χ2n) is 22.7. The molecule has 0 N–H and O–H groups in total. The molecule has 6 nitrogen and oxygen atoms in total. The Morgan fingerprint density at radius 2 is 0.470 bits per heavy atom. The lowest BCUT2D eigenvalue weighted by molar-refractivity contribution is -0.167. The van der Waals surface area contributed by atoms with Crippen molar-refractivity contribution in [3.63, 3.8) is 0 Å². The summed E-state index contributed by atoms with van der Waals surface area (Å²) in [5, 5.41) is 0. The summed E-state index contributed by atoms with van der Waals surface area (Å²) in [4.78, 5) is 38.4. The Hall–Kier alpha value is -4.45. The van der Waals surface area contributed by atoms with Crippen molar-refractivity contribution in [2.45, 2.75) is 322 Å². The van der Waals surface area contributed by atoms with Crippen molar-refractivity contribution < 1.29 is 28.6 Å². The van der Waals surface area contributed by atoms with Crippen LogP contribution in [0, 0.1) is 0 Å². The first kappa shape index (κ1) is 78.5. The number of hydrogen-bond acceptors (Lipinski definition) is 6. The Morgan fingerprint density at radius 1 is 0.253 bits per heavy atom. The first-order valence-electron chi connectivity index (χ1n) is 34.7. The number of allylic oxidation sites excluding steroid dienone is 22. The van der Waals surface area contributed by atoms with Crippen molar-refractivity contribution in [1.29, 1.82) is 0 Å². The molecule has 0 aromatic heterocycles. The predicted octanol–water partition coefficient (Wildman–Crippen LogP) is 24.1. The van der Waals surface area contributed by atoms with E-state index in [9.17, 15) is 14.4 Å². The summed E-state index contributed by atoms with van der Waals surface area (Å²) in [5.41, 5.74) is 0. The summed E-state index contributed by atoms with van der Waals surface area (Å²) < 4.78 is 17.0. The van der Waals surface area contributed by atoms with E-state index < -0.39 is 6.10 Å². The molecule has 0 spiro atoms. The molecule has 0 radical (unpaired) electrons. The van der Waals surface area contributed by atoms with Crippen LogP contribution in [0.5, 0.6) is 0 Å². The third kappa shape index (κ3) is 68.2. The molecule has 1 unspecified atom stereocenters. The molecule has 1 atom stereocenters. The molecule has 0 amide bonds. The summed E-state index contributed by atoms with van der Waals surface area (Å²) >= 11 is 0. The van der Waals surface area contributed by atoms with Gasteiger partial charge in [-0.15, -0.1) is 0 Å². The standard InChI is InChI=1S/C77H128O6/c1-4-7-10-13-16-19-22-24-26-28-30-32-34-36-37-38-39-41-42-44-46-48-50-52-55-58-61-64-67-70-76(79)82-73-74(72-81-75(78)69-66-63-60-57-54-21-18-15-12-9-6-3)83-77(80)71-68-65-62-59-56-53-51-49-47-45-43-40-35-33-31-29-27-25-23-20-17-14-11-8-5-2/h7-8,10-11,16-17,19-20,24-27,30-33,36-37,39-41,43,74H,4-6,9,12-15,18,21-23,28-29,34-35,38,42,44-73H2,1-3H3/b10-7-,11-8-,19-16-,20-17-,26-24-,27-25-,32-30-,33-31-,37-36-,41-39-,43-40-. The molecule has 0 aliphatic heterocycles. The summed E-state index contributed by atoms with van der Waals surface area (Å²) in [6.45, 7) is 6.42. The number of carbonyl (C=O) groups is 3. The first-order chi connectivity index (χ1) is 41.0. The Morgan fingerprint density at radius 3 is 0.735 bits per heavy atom. The van der Waals surface area contributed by atoms with Crippen molar-refractivity contribution in [3.8, 4) is 0 Å². The average Bonchev–Trinajstić information content (AvgIpc) is 3.48. The van der Waals surface area contributed by atoms with Gasteiger partial charge in [0.25, 0.3) is 0 Å². The van der Waals surface area contributed by atoms with E-state index in [0.29, 0.717) is 19.3 Å². The zero-order valence-electron chi connectivity index (χ0n) is 54.2. The third-order valence-electron chi connectivity index (χ3n) is 14.7. The highest BCUT2D eigenvalue weighted by atomic mass is 16.6. The Balaban J connectivity index is 4.28. The molecule has 0 saturated carbocycles. The number of carbonyl (C=O) groups excluding carboxylic acids is 3. The molecule has 0 rings (SSSR count). The van der Waals surface area contributed by atoms with E-state index in [-0.39, 0.29) is 31.1 Å². The van der Waals surface area contributed by atoms with E-state index in [1.165, 1.54) is 141 Å². The molecule has 472 valence electrons. The molecule has 0 aromatic carbocycles. The Bertz CT molecular complexity index is 1750. The van der Waals surface area contributed by atoms with Crippen LogP contribution in [0.1, 0.15) is 316 Å². The lowest BCUT2D eigenvalue weighted by Crippen LogP contribution is -2.30. The largest absolute Gasteiger partial charge is 0.462 e. The summed E-state index contributed by atoms with van der Waals surface area (Å²) in [5.74, 6) is -0.885. The van der Waals surface area contributed by atoms with Crippen molar-refractivity contribution in [1.82, 2.24) is 0 Å². The van der Waals surface area contributed by atoms with Crippen LogP contribution in [0.3, 0.4) is 0 Å². The van der Waals surface area contributed by atoms with Gasteiger partial charge in [-0.05, 0) is 116 Å². The van der Waals surface area contributed by atoms with Crippen LogP contribution in [-0.4, -0.2) is 37.2 Å². The topological polar surface area (TPSA) is 78.9 Å². The molecule has 0 heterocycles. The van der Waals surface area contributed by atoms with Crippen LogP contribution in [-0.2, 0) is 28.6 Å². The van der Waals surface area contributed by atoms with Gasteiger partial charge in [-0.25, -0.2) is 0 Å². The highest BCUT2D eigenvalue weighted by Gasteiger charge is 2.19. The van der Waals surface area contributed by atoms with Gasteiger partial charge in [0.05, 0.1) is 0 Å². The average molecular weight is 1150 g/mol. The van der Waals surface area contributed by atoms with Crippen molar-refractivity contribution in [2.24, 2.45) is 0 Å². The number of rotatable bonds is 62. The van der Waals surface area contributed by atoms with E-state index in [1.807, 2.05) is 0 Å². The quantitative estimate of drug-likeness (QED) is 0.0261. The van der Waals surface area contributed by atoms with E-state index in [1.54, 1.807) is 0 Å². The number of ether oxygens (including phenoxy) is 3. The maximum absolute atomic E-state index is 12.9. The SMILES string of the molecule is CC/C=C\C/C=C\C/C=C\C/C=C\C/C=C\C/C=C\CCCCCCCCCCCCC(=O)OCC(COC(=O)CCCCCCCCCCCCC)OC(=O)CCCCCCCCCCC/C=C\C/C=C\C/C=C\C/C=C\C/C=C\CC. The Labute approximate surface area is 513 Å². The van der Waals surface area contributed by atoms with E-state index in [4.69, 9.17) is 14.2 Å². The van der Waals surface area contributed by atoms with Crippen LogP contribution in [0.4, 0.5) is 0 Å². The minimum absolute atomic E-state index is 0.0817. The van der Waals surface area contributed by atoms with Crippen LogP contribution in [0.2, 0.25) is 0 Å². The first-order valence-corrected chi connectivity index (χ1v) is 34.7. The van der Waals surface area contributed by atoms with Gasteiger partial charge in [0, 0.05) is 19.3 Å². The highest BCUT2D eigenvalue weighted by Crippen LogP contribution is 2.16. The van der Waals surface area contributed by atoms with E-state index in [2.05, 4.69) is 154 Å². The van der Waals surface area contributed by atoms with Gasteiger partial charge >= 0.3 is 17.9 Å². The van der Waals surface area contributed by atoms with Gasteiger partial charge < -0.3 is 14.2 Å². The van der Waals surface area contributed by atoms with Crippen molar-refractivity contribution in [2.75, 3.05) is 13.2 Å². The molecule has 0 aromatic rings. The van der Waals surface area contributed by atoms with Gasteiger partial charge in [-0.2, -0.15) is 0 Å². The van der Waals surface area contributed by atoms with E-state index in [0.717, 1.165) is 135 Å². The zero-order chi connectivity index (χ0) is 59.9. The minimum Gasteiger partial charge on any atom is -0.462 e. The summed E-state index contributed by atoms with van der Waals surface area (Å²) in [6, 6.07) is 0. The highest BCUT2D eigenvalue weighted by molar-refractivity contribution is 5.71. The Kier molecular flexibility index (Phi) is 66.3. The third-order valence-corrected chi connectivity index (χ3v) is 14.7. The lowest BCUT2D eigenvalue weighted by Gasteiger charge is -2.18. The normalized spacial score (nSPS) is 13.0. The van der Waals surface area contributed by atoms with Crippen molar-refractivity contribution in [3.05, 3.63) is 134 Å². The van der Waals surface area contributed by atoms with Gasteiger partial charge in [0.15, 0.2) is 6.10 Å². The molecular weight excluding hydrogens is 1020 g/mol. The van der Waals surface area contributed by atoms with Gasteiger partial charge in [0.1, 0.15) is 13.2 Å². The van der Waals surface area contributed by atoms with E-state index >= 15 is 0 Å². The lowest BCUT2D eigenvalue weighted by atomic mass is 10.1. The molecule has 6 heteroatoms. The summed E-state index contributed by atoms with van der Waals surface area (Å²) in [6.07, 6.45) is 99.0. The maximum atomic E-state index is 12.9. The van der Waals surface area contributed by atoms with Crippen LogP contribution in [0.15, 0.2) is 134 Å². The molecule has 83 heavy (non-hydrogen) atoms. The van der Waals surface area contributed by atoms with Crippen LogP contribution < -0.4 is 0 Å². The predicted molar refractivity (Wildman–Crippen MR) is 362 cm³/mol. The maximum Gasteiger partial charge on any atom is 0.306 e. The van der Waals surface area contributed by atoms with Gasteiger partial charge in [-0.3, -0.25) is 14.4 Å². The number of esters is 3. The van der Waals surface area contributed by atoms with Gasteiger partial charge in [-0.1, -0.05) is 315 Å². The molecule has 0 aliphatic carbocycles. The number of hydrogen-bond donors (Lipinski definition) is 0.